The van der Waals surface area contributed by atoms with Gasteiger partial charge in [0.05, 0.1) is 34.4 Å². The molecule has 0 aromatic rings. The maximum atomic E-state index is 12.5. The second-order valence-corrected chi connectivity index (χ2v) is 12.8. The predicted molar refractivity (Wildman–Crippen MR) is 169 cm³/mol. The van der Waals surface area contributed by atoms with E-state index in [4.69, 9.17) is 14.2 Å². The average Bonchev–Trinajstić information content (AvgIpc) is 2.92. The molecule has 248 valence electrons. The van der Waals surface area contributed by atoms with Gasteiger partial charge in [-0.15, -0.1) is 0 Å². The number of hydrogen-bond donors (Lipinski definition) is 1. The first-order valence-electron chi connectivity index (χ1n) is 17.1. The van der Waals surface area contributed by atoms with E-state index in [1.165, 1.54) is 77.0 Å². The largest absolute Gasteiger partial charge is 0.477 e. The van der Waals surface area contributed by atoms with Crippen molar-refractivity contribution in [1.82, 2.24) is 0 Å². The molecule has 0 rings (SSSR count). The molecule has 0 saturated heterocycles. The number of nitrogens with zero attached hydrogens (tertiary/aromatic N) is 1. The fourth-order valence-corrected chi connectivity index (χ4v) is 5.03. The lowest BCUT2D eigenvalue weighted by molar-refractivity contribution is -0.887. The summed E-state index contributed by atoms with van der Waals surface area (Å²) in [5.74, 6) is -1.49. The molecular weight excluding hydrogens is 534 g/mol. The Balaban J connectivity index is 4.22. The van der Waals surface area contributed by atoms with E-state index in [0.29, 0.717) is 19.3 Å². The third-order valence-electron chi connectivity index (χ3n) is 7.76. The van der Waals surface area contributed by atoms with Gasteiger partial charge in [-0.1, -0.05) is 117 Å². The van der Waals surface area contributed by atoms with Gasteiger partial charge in [0.15, 0.2) is 12.1 Å². The Morgan fingerprint density at radius 1 is 0.619 bits per heavy atom. The number of carbonyl (C=O) groups is 3. The van der Waals surface area contributed by atoms with Crippen molar-refractivity contribution in [3.8, 4) is 0 Å². The fraction of sp³-hybridized carbons (Fsp3) is 0.912. The number of carboxylic acid groups (broad SMARTS) is 1. The number of aliphatic carboxylic acids is 1. The first-order valence-corrected chi connectivity index (χ1v) is 17.1. The van der Waals surface area contributed by atoms with Crippen LogP contribution >= 0.6 is 0 Å². The van der Waals surface area contributed by atoms with E-state index in [-0.39, 0.29) is 36.2 Å². The monoisotopic (exact) mass is 600 g/mol. The fourth-order valence-electron chi connectivity index (χ4n) is 5.03. The van der Waals surface area contributed by atoms with Gasteiger partial charge in [0, 0.05) is 19.3 Å². The Kier molecular flexibility index (Phi) is 25.8. The molecule has 0 aliphatic rings. The molecule has 0 saturated carbocycles. The van der Waals surface area contributed by atoms with Crippen molar-refractivity contribution < 1.29 is 38.2 Å². The maximum Gasteiger partial charge on any atom is 0.362 e. The van der Waals surface area contributed by atoms with Gasteiger partial charge in [0.25, 0.3) is 0 Å². The third-order valence-corrected chi connectivity index (χ3v) is 7.76. The molecule has 1 N–H and O–H groups in total. The minimum Gasteiger partial charge on any atom is -0.477 e. The maximum absolute atomic E-state index is 12.5. The molecule has 0 heterocycles. The summed E-state index contributed by atoms with van der Waals surface area (Å²) in [6.07, 6.45) is 22.1. The van der Waals surface area contributed by atoms with Gasteiger partial charge < -0.3 is 23.8 Å². The molecule has 0 fully saturated rings. The SMILES string of the molecule is CCCCCCCCCCCCCCCCCC(=O)OC(COCCC(C(=O)O)[N+](C)(C)C)COC(=O)CCCCC. The molecule has 0 aromatic heterocycles. The topological polar surface area (TPSA) is 99.1 Å². The number of esters is 2. The van der Waals surface area contributed by atoms with Crippen LogP contribution in [0, 0.1) is 0 Å². The van der Waals surface area contributed by atoms with E-state index < -0.39 is 18.1 Å². The molecule has 2 unspecified atom stereocenters. The second-order valence-electron chi connectivity index (χ2n) is 12.8. The molecule has 2 atom stereocenters. The van der Waals surface area contributed by atoms with Crippen molar-refractivity contribution in [2.45, 2.75) is 161 Å². The zero-order chi connectivity index (χ0) is 31.5. The number of ether oxygens (including phenoxy) is 3. The molecule has 8 heteroatoms. The van der Waals surface area contributed by atoms with Crippen LogP contribution in [0.15, 0.2) is 0 Å². The minimum absolute atomic E-state index is 0.0484. The Morgan fingerprint density at radius 3 is 1.52 bits per heavy atom. The predicted octanol–water partition coefficient (Wildman–Crippen LogP) is 7.85. The zero-order valence-electron chi connectivity index (χ0n) is 28.0. The van der Waals surface area contributed by atoms with Gasteiger partial charge in [-0.2, -0.15) is 0 Å². The summed E-state index contributed by atoms with van der Waals surface area (Å²) in [5.41, 5.74) is 0. The highest BCUT2D eigenvalue weighted by Crippen LogP contribution is 2.14. The van der Waals surface area contributed by atoms with Gasteiger partial charge in [-0.3, -0.25) is 9.59 Å². The molecular formula is C34H66NO7+. The highest BCUT2D eigenvalue weighted by Gasteiger charge is 2.31. The molecule has 0 aliphatic carbocycles. The molecule has 0 bridgehead atoms. The van der Waals surface area contributed by atoms with E-state index in [1.54, 1.807) is 0 Å². The summed E-state index contributed by atoms with van der Waals surface area (Å²) in [5, 5.41) is 9.50. The van der Waals surface area contributed by atoms with Crippen molar-refractivity contribution in [2.24, 2.45) is 0 Å². The van der Waals surface area contributed by atoms with E-state index in [0.717, 1.165) is 38.5 Å². The van der Waals surface area contributed by atoms with Crippen molar-refractivity contribution >= 4 is 17.9 Å². The number of quaternary nitrogens is 1. The normalized spacial score (nSPS) is 13.1. The first kappa shape index (κ1) is 40.3. The molecule has 0 spiro atoms. The Hall–Kier alpha value is -1.67. The highest BCUT2D eigenvalue weighted by molar-refractivity contribution is 5.72. The van der Waals surface area contributed by atoms with Crippen molar-refractivity contribution in [1.29, 1.82) is 0 Å². The minimum atomic E-state index is -0.876. The summed E-state index contributed by atoms with van der Waals surface area (Å²) in [6, 6.07) is -0.604. The summed E-state index contributed by atoms with van der Waals surface area (Å²) in [4.78, 5) is 36.2. The smallest absolute Gasteiger partial charge is 0.362 e. The van der Waals surface area contributed by atoms with Crippen molar-refractivity contribution in [3.63, 3.8) is 0 Å². The van der Waals surface area contributed by atoms with Gasteiger partial charge in [-0.25, -0.2) is 4.79 Å². The number of hydrogen-bond acceptors (Lipinski definition) is 6. The standard InChI is InChI=1S/C34H65NO7/c1-6-8-10-11-12-13-14-15-16-17-18-19-20-21-23-25-33(37)42-30(29-41-32(36)24-22-9-7-2)28-40-27-26-31(34(38)39)35(3,4)5/h30-31H,6-29H2,1-5H3/p+1. The van der Waals surface area contributed by atoms with Crippen molar-refractivity contribution in [2.75, 3.05) is 41.0 Å². The zero-order valence-corrected chi connectivity index (χ0v) is 28.0. The first-order chi connectivity index (χ1) is 20.1. The number of likely N-dealkylation sites (N-methyl/N-ethyl adjacent to an activating group) is 1. The Labute approximate surface area is 257 Å². The highest BCUT2D eigenvalue weighted by atomic mass is 16.6. The lowest BCUT2D eigenvalue weighted by atomic mass is 10.0. The van der Waals surface area contributed by atoms with Crippen LogP contribution in [0.2, 0.25) is 0 Å². The summed E-state index contributed by atoms with van der Waals surface area (Å²) in [7, 11) is 5.50. The molecule has 0 aromatic carbocycles. The van der Waals surface area contributed by atoms with E-state index in [1.807, 2.05) is 21.1 Å². The van der Waals surface area contributed by atoms with Gasteiger partial charge >= 0.3 is 17.9 Å². The van der Waals surface area contributed by atoms with Crippen LogP contribution in [-0.4, -0.2) is 80.6 Å². The molecule has 0 amide bonds. The quantitative estimate of drug-likeness (QED) is 0.0509. The van der Waals surface area contributed by atoms with E-state index in [2.05, 4.69) is 13.8 Å². The van der Waals surface area contributed by atoms with Crippen LogP contribution in [-0.2, 0) is 28.6 Å². The van der Waals surface area contributed by atoms with E-state index >= 15 is 0 Å². The van der Waals surface area contributed by atoms with Crippen LogP contribution < -0.4 is 0 Å². The van der Waals surface area contributed by atoms with Crippen LogP contribution in [0.4, 0.5) is 0 Å². The molecule has 8 nitrogen and oxygen atoms in total. The lowest BCUT2D eigenvalue weighted by Crippen LogP contribution is -2.50. The number of rotatable bonds is 30. The lowest BCUT2D eigenvalue weighted by Gasteiger charge is -2.31. The third kappa shape index (κ3) is 24.9. The molecule has 0 radical (unpaired) electrons. The average molecular weight is 601 g/mol. The van der Waals surface area contributed by atoms with Gasteiger partial charge in [0.1, 0.15) is 6.61 Å². The summed E-state index contributed by atoms with van der Waals surface area (Å²) < 4.78 is 16.9. The van der Waals surface area contributed by atoms with Crippen LogP contribution in [0.5, 0.6) is 0 Å². The Morgan fingerprint density at radius 2 is 1.05 bits per heavy atom. The van der Waals surface area contributed by atoms with Crippen LogP contribution in [0.25, 0.3) is 0 Å². The van der Waals surface area contributed by atoms with Gasteiger partial charge in [-0.05, 0) is 12.8 Å². The second kappa shape index (κ2) is 26.9. The number of unbranched alkanes of at least 4 members (excludes halogenated alkanes) is 16. The number of carbonyl (C=O) groups excluding carboxylic acids is 2. The number of carboxylic acids is 1. The van der Waals surface area contributed by atoms with Gasteiger partial charge in [0.2, 0.25) is 0 Å². The van der Waals surface area contributed by atoms with Crippen LogP contribution in [0.3, 0.4) is 0 Å². The van der Waals surface area contributed by atoms with E-state index in [9.17, 15) is 19.5 Å². The summed E-state index contributed by atoms with van der Waals surface area (Å²) in [6.45, 7) is 4.56. The molecule has 42 heavy (non-hydrogen) atoms. The Bertz CT molecular complexity index is 677. The summed E-state index contributed by atoms with van der Waals surface area (Å²) >= 11 is 0. The van der Waals surface area contributed by atoms with Crippen molar-refractivity contribution in [3.05, 3.63) is 0 Å². The molecule has 0 aliphatic heterocycles. The van der Waals surface area contributed by atoms with Crippen LogP contribution in [0.1, 0.15) is 149 Å².